The fourth-order valence-corrected chi connectivity index (χ4v) is 2.75. The average molecular weight is 364 g/mol. The molecule has 26 heavy (non-hydrogen) atoms. The molecular weight excluding hydrogens is 340 g/mol. The number of carbonyl (C=O) groups excluding carboxylic acids is 2. The molecule has 0 spiro atoms. The van der Waals surface area contributed by atoms with Crippen molar-refractivity contribution in [3.63, 3.8) is 0 Å². The summed E-state index contributed by atoms with van der Waals surface area (Å²) < 4.78 is 10.4. The first-order chi connectivity index (χ1) is 12.3. The van der Waals surface area contributed by atoms with Crippen molar-refractivity contribution in [3.05, 3.63) is 23.8 Å². The number of anilines is 1. The highest BCUT2D eigenvalue weighted by Crippen LogP contribution is 2.28. The van der Waals surface area contributed by atoms with E-state index in [1.807, 2.05) is 13.8 Å². The van der Waals surface area contributed by atoms with Crippen molar-refractivity contribution < 1.29 is 29.0 Å². The van der Waals surface area contributed by atoms with Gasteiger partial charge in [0.25, 0.3) is 0 Å². The van der Waals surface area contributed by atoms with Gasteiger partial charge in [0.15, 0.2) is 0 Å². The van der Waals surface area contributed by atoms with Gasteiger partial charge in [-0.05, 0) is 44.9 Å². The van der Waals surface area contributed by atoms with Gasteiger partial charge in [-0.3, -0.25) is 4.79 Å². The number of aliphatic carboxylic acids is 1. The van der Waals surface area contributed by atoms with Gasteiger partial charge < -0.3 is 24.8 Å². The number of carbonyl (C=O) groups is 3. The summed E-state index contributed by atoms with van der Waals surface area (Å²) in [5.74, 6) is -1.31. The molecule has 0 radical (unpaired) electrons. The van der Waals surface area contributed by atoms with Crippen molar-refractivity contribution >= 4 is 23.7 Å². The summed E-state index contributed by atoms with van der Waals surface area (Å²) in [5.41, 5.74) is 0.662. The standard InChI is InChI=1S/C18H24N2O6/c1-11(2)26-15-5-4-13(17(23)25-3)10-14(15)19-18(24)20-8-6-12(7-9-20)16(21)22/h4-5,10-12H,6-9H2,1-3H3,(H,19,24)(H,21,22). The van der Waals surface area contributed by atoms with Crippen LogP contribution in [-0.2, 0) is 9.53 Å². The van der Waals surface area contributed by atoms with Crippen LogP contribution in [0, 0.1) is 5.92 Å². The Bertz CT molecular complexity index is 680. The summed E-state index contributed by atoms with van der Waals surface area (Å²) in [7, 11) is 1.28. The molecule has 0 aliphatic carbocycles. The fourth-order valence-electron chi connectivity index (χ4n) is 2.75. The SMILES string of the molecule is COC(=O)c1ccc(OC(C)C)c(NC(=O)N2CCC(C(=O)O)CC2)c1. The molecule has 2 amide bonds. The summed E-state index contributed by atoms with van der Waals surface area (Å²) >= 11 is 0. The van der Waals surface area contributed by atoms with Crippen LogP contribution >= 0.6 is 0 Å². The van der Waals surface area contributed by atoms with Crippen molar-refractivity contribution in [2.24, 2.45) is 5.92 Å². The van der Waals surface area contributed by atoms with Gasteiger partial charge in [0.2, 0.25) is 0 Å². The zero-order valence-corrected chi connectivity index (χ0v) is 15.2. The van der Waals surface area contributed by atoms with Crippen LogP contribution in [-0.4, -0.2) is 54.3 Å². The zero-order chi connectivity index (χ0) is 19.3. The second-order valence-corrected chi connectivity index (χ2v) is 6.40. The maximum Gasteiger partial charge on any atom is 0.337 e. The lowest BCUT2D eigenvalue weighted by molar-refractivity contribution is -0.143. The van der Waals surface area contributed by atoms with Crippen LogP contribution in [0.5, 0.6) is 5.75 Å². The molecule has 2 rings (SSSR count). The predicted molar refractivity (Wildman–Crippen MR) is 94.5 cm³/mol. The lowest BCUT2D eigenvalue weighted by Crippen LogP contribution is -2.42. The molecule has 142 valence electrons. The Labute approximate surface area is 152 Å². The van der Waals surface area contributed by atoms with Gasteiger partial charge in [0, 0.05) is 13.1 Å². The number of carboxylic acid groups (broad SMARTS) is 1. The number of hydrogen-bond acceptors (Lipinski definition) is 5. The number of carboxylic acids is 1. The Balaban J connectivity index is 2.14. The molecule has 1 aromatic carbocycles. The number of rotatable bonds is 5. The molecule has 1 fully saturated rings. The Morgan fingerprint density at radius 3 is 2.42 bits per heavy atom. The molecule has 0 aromatic heterocycles. The third kappa shape index (κ3) is 4.87. The van der Waals surface area contributed by atoms with Crippen molar-refractivity contribution in [3.8, 4) is 5.75 Å². The average Bonchev–Trinajstić information content (AvgIpc) is 2.62. The van der Waals surface area contributed by atoms with Gasteiger partial charge in [0.05, 0.1) is 30.4 Å². The summed E-state index contributed by atoms with van der Waals surface area (Å²) in [5, 5.41) is 11.8. The first kappa shape index (κ1) is 19.6. The molecule has 0 unspecified atom stereocenters. The lowest BCUT2D eigenvalue weighted by atomic mass is 9.97. The van der Waals surface area contributed by atoms with Crippen molar-refractivity contribution in [2.45, 2.75) is 32.8 Å². The third-order valence-electron chi connectivity index (χ3n) is 4.14. The van der Waals surface area contributed by atoms with Gasteiger partial charge in [-0.1, -0.05) is 0 Å². The van der Waals surface area contributed by atoms with Crippen LogP contribution in [0.25, 0.3) is 0 Å². The smallest absolute Gasteiger partial charge is 0.337 e. The largest absolute Gasteiger partial charge is 0.489 e. The summed E-state index contributed by atoms with van der Waals surface area (Å²) in [4.78, 5) is 36.9. The minimum Gasteiger partial charge on any atom is -0.489 e. The first-order valence-corrected chi connectivity index (χ1v) is 8.49. The van der Waals surface area contributed by atoms with E-state index in [1.165, 1.54) is 13.2 Å². The molecule has 1 aromatic rings. The Morgan fingerprint density at radius 1 is 1.23 bits per heavy atom. The Hall–Kier alpha value is -2.77. The minimum atomic E-state index is -0.830. The van der Waals surface area contributed by atoms with E-state index in [1.54, 1.807) is 17.0 Å². The number of piperidine rings is 1. The maximum absolute atomic E-state index is 12.5. The number of urea groups is 1. The summed E-state index contributed by atoms with van der Waals surface area (Å²) in [6, 6.07) is 4.33. The molecule has 1 aliphatic rings. The molecule has 0 saturated carbocycles. The minimum absolute atomic E-state index is 0.110. The van der Waals surface area contributed by atoms with E-state index < -0.39 is 17.9 Å². The van der Waals surface area contributed by atoms with E-state index in [0.717, 1.165) is 0 Å². The number of amides is 2. The normalized spacial score (nSPS) is 14.8. The van der Waals surface area contributed by atoms with E-state index in [-0.39, 0.29) is 12.1 Å². The van der Waals surface area contributed by atoms with Crippen LogP contribution in [0.1, 0.15) is 37.0 Å². The van der Waals surface area contributed by atoms with Gasteiger partial charge >= 0.3 is 18.0 Å². The lowest BCUT2D eigenvalue weighted by Gasteiger charge is -2.30. The van der Waals surface area contributed by atoms with Gasteiger partial charge in [-0.15, -0.1) is 0 Å². The number of likely N-dealkylation sites (tertiary alicyclic amines) is 1. The van der Waals surface area contributed by atoms with E-state index in [4.69, 9.17) is 14.6 Å². The number of nitrogens with zero attached hydrogens (tertiary/aromatic N) is 1. The number of benzene rings is 1. The topological polar surface area (TPSA) is 105 Å². The number of esters is 1. The molecule has 1 aliphatic heterocycles. The molecule has 0 atom stereocenters. The molecular formula is C18H24N2O6. The molecule has 2 N–H and O–H groups in total. The third-order valence-corrected chi connectivity index (χ3v) is 4.14. The number of ether oxygens (including phenoxy) is 2. The van der Waals surface area contributed by atoms with Crippen molar-refractivity contribution in [1.82, 2.24) is 4.90 Å². The van der Waals surface area contributed by atoms with E-state index in [9.17, 15) is 14.4 Å². The maximum atomic E-state index is 12.5. The van der Waals surface area contributed by atoms with Crippen LogP contribution < -0.4 is 10.1 Å². The van der Waals surface area contributed by atoms with Crippen molar-refractivity contribution in [2.75, 3.05) is 25.5 Å². The molecule has 0 bridgehead atoms. The highest BCUT2D eigenvalue weighted by molar-refractivity contribution is 5.95. The molecule has 8 nitrogen and oxygen atoms in total. The highest BCUT2D eigenvalue weighted by Gasteiger charge is 2.27. The van der Waals surface area contributed by atoms with Gasteiger partial charge in [-0.2, -0.15) is 0 Å². The van der Waals surface area contributed by atoms with Crippen LogP contribution in [0.2, 0.25) is 0 Å². The molecule has 8 heteroatoms. The van der Waals surface area contributed by atoms with Gasteiger partial charge in [0.1, 0.15) is 5.75 Å². The Morgan fingerprint density at radius 2 is 1.88 bits per heavy atom. The summed E-state index contributed by atoms with van der Waals surface area (Å²) in [6.45, 7) is 4.44. The second-order valence-electron chi connectivity index (χ2n) is 6.40. The van der Waals surface area contributed by atoms with E-state index in [2.05, 4.69) is 5.32 Å². The number of methoxy groups -OCH3 is 1. The predicted octanol–water partition coefficient (Wildman–Crippen LogP) is 2.59. The van der Waals surface area contributed by atoms with Crippen molar-refractivity contribution in [1.29, 1.82) is 0 Å². The van der Waals surface area contributed by atoms with Crippen LogP contribution in [0.3, 0.4) is 0 Å². The molecule has 1 saturated heterocycles. The monoisotopic (exact) mass is 364 g/mol. The zero-order valence-electron chi connectivity index (χ0n) is 15.2. The Kier molecular flexibility index (Phi) is 6.43. The fraction of sp³-hybridized carbons (Fsp3) is 0.500. The summed E-state index contributed by atoms with van der Waals surface area (Å²) in [6.07, 6.45) is 0.724. The van der Waals surface area contributed by atoms with Gasteiger partial charge in [-0.25, -0.2) is 9.59 Å². The number of hydrogen-bond donors (Lipinski definition) is 2. The molecule has 1 heterocycles. The highest BCUT2D eigenvalue weighted by atomic mass is 16.5. The van der Waals surface area contributed by atoms with Crippen LogP contribution in [0.15, 0.2) is 18.2 Å². The second kappa shape index (κ2) is 8.55. The van der Waals surface area contributed by atoms with E-state index in [0.29, 0.717) is 42.9 Å². The van der Waals surface area contributed by atoms with Crippen LogP contribution in [0.4, 0.5) is 10.5 Å². The number of nitrogens with one attached hydrogen (secondary N) is 1. The van der Waals surface area contributed by atoms with E-state index >= 15 is 0 Å². The first-order valence-electron chi connectivity index (χ1n) is 8.49. The quantitative estimate of drug-likeness (QED) is 0.778.